The molecule has 0 heterocycles. The second-order valence-corrected chi connectivity index (χ2v) is 5.61. The van der Waals surface area contributed by atoms with E-state index in [1.54, 1.807) is 18.4 Å². The van der Waals surface area contributed by atoms with Crippen LogP contribution in [0.4, 0.5) is 0 Å². The summed E-state index contributed by atoms with van der Waals surface area (Å²) in [5.74, 6) is 0.424. The molecule has 0 spiro atoms. The summed E-state index contributed by atoms with van der Waals surface area (Å²) in [6.45, 7) is 2.04. The lowest BCUT2D eigenvalue weighted by Crippen LogP contribution is -2.23. The Bertz CT molecular complexity index is 419. The van der Waals surface area contributed by atoms with E-state index >= 15 is 0 Å². The fourth-order valence-corrected chi connectivity index (χ4v) is 2.01. The molecule has 0 saturated carbocycles. The molecule has 19 heavy (non-hydrogen) atoms. The second-order valence-electron chi connectivity index (χ2n) is 4.06. The lowest BCUT2D eigenvalue weighted by molar-refractivity contribution is 0.0697. The molecule has 6 heteroatoms. The fourth-order valence-electron chi connectivity index (χ4n) is 1.46. The van der Waals surface area contributed by atoms with E-state index in [0.717, 1.165) is 13.0 Å². The van der Waals surface area contributed by atoms with Crippen LogP contribution in [-0.4, -0.2) is 47.0 Å². The van der Waals surface area contributed by atoms with E-state index < -0.39 is 16.8 Å². The van der Waals surface area contributed by atoms with Crippen LogP contribution in [0.5, 0.6) is 5.75 Å². The molecule has 0 amide bonds. The van der Waals surface area contributed by atoms with Crippen molar-refractivity contribution in [1.29, 1.82) is 0 Å². The lowest BCUT2D eigenvalue weighted by Gasteiger charge is -2.07. The molecule has 1 aromatic carbocycles. The second kappa shape index (κ2) is 8.66. The molecular formula is C13H19NO4S. The predicted octanol–water partition coefficient (Wildman–Crippen LogP) is 1.12. The minimum atomic E-state index is -0.943. The third-order valence-electron chi connectivity index (χ3n) is 2.43. The van der Waals surface area contributed by atoms with E-state index in [4.69, 9.17) is 9.84 Å². The molecule has 0 bridgehead atoms. The molecule has 106 valence electrons. The molecule has 0 aliphatic carbocycles. The largest absolute Gasteiger partial charge is 0.492 e. The molecule has 1 rings (SSSR count). The molecular weight excluding hydrogens is 266 g/mol. The molecule has 0 aliphatic heterocycles. The maximum Gasteiger partial charge on any atom is 0.335 e. The Kier molecular flexibility index (Phi) is 7.14. The van der Waals surface area contributed by atoms with Crippen molar-refractivity contribution in [2.45, 2.75) is 6.42 Å². The van der Waals surface area contributed by atoms with Crippen molar-refractivity contribution in [1.82, 2.24) is 5.32 Å². The van der Waals surface area contributed by atoms with E-state index in [2.05, 4.69) is 5.32 Å². The Morgan fingerprint density at radius 1 is 1.32 bits per heavy atom. The van der Waals surface area contributed by atoms with Gasteiger partial charge >= 0.3 is 5.97 Å². The summed E-state index contributed by atoms with van der Waals surface area (Å²) in [7, 11) is -0.728. The minimum absolute atomic E-state index is 0.248. The Labute approximate surface area is 115 Å². The van der Waals surface area contributed by atoms with Crippen LogP contribution in [0.3, 0.4) is 0 Å². The Morgan fingerprint density at radius 3 is 2.58 bits per heavy atom. The number of hydrogen-bond acceptors (Lipinski definition) is 4. The van der Waals surface area contributed by atoms with Crippen LogP contribution in [0.15, 0.2) is 24.3 Å². The number of aromatic carboxylic acids is 1. The quantitative estimate of drug-likeness (QED) is 0.665. The van der Waals surface area contributed by atoms with Gasteiger partial charge in [0.1, 0.15) is 12.4 Å². The highest BCUT2D eigenvalue weighted by Crippen LogP contribution is 2.11. The number of carboxylic acids is 1. The maximum atomic E-state index is 10.8. The number of hydrogen-bond donors (Lipinski definition) is 2. The molecule has 1 aromatic rings. The fraction of sp³-hybridized carbons (Fsp3) is 0.462. The standard InChI is InChI=1S/C13H19NO4S/c1-19(17)10-2-7-14-8-9-18-12-5-3-11(4-6-12)13(15)16/h3-6,14H,2,7-10H2,1H3,(H,15,16). The first-order chi connectivity index (χ1) is 9.09. The first kappa shape index (κ1) is 15.7. The van der Waals surface area contributed by atoms with Crippen LogP contribution in [-0.2, 0) is 10.8 Å². The number of ether oxygens (including phenoxy) is 1. The zero-order valence-corrected chi connectivity index (χ0v) is 11.7. The molecule has 2 N–H and O–H groups in total. The van der Waals surface area contributed by atoms with Crippen molar-refractivity contribution in [2.24, 2.45) is 0 Å². The van der Waals surface area contributed by atoms with Crippen LogP contribution >= 0.6 is 0 Å². The molecule has 0 radical (unpaired) electrons. The average molecular weight is 285 g/mol. The number of nitrogens with one attached hydrogen (secondary N) is 1. The van der Waals surface area contributed by atoms with Gasteiger partial charge < -0.3 is 15.2 Å². The lowest BCUT2D eigenvalue weighted by atomic mass is 10.2. The summed E-state index contributed by atoms with van der Waals surface area (Å²) in [5, 5.41) is 11.9. The van der Waals surface area contributed by atoms with E-state index in [1.807, 2.05) is 0 Å². The zero-order chi connectivity index (χ0) is 14.1. The van der Waals surface area contributed by atoms with E-state index in [1.165, 1.54) is 12.1 Å². The number of rotatable bonds is 9. The predicted molar refractivity (Wildman–Crippen MR) is 75.3 cm³/mol. The Morgan fingerprint density at radius 2 is 2.00 bits per heavy atom. The van der Waals surface area contributed by atoms with Gasteiger partial charge in [0.05, 0.1) is 5.56 Å². The highest BCUT2D eigenvalue weighted by Gasteiger charge is 2.01. The monoisotopic (exact) mass is 285 g/mol. The summed E-state index contributed by atoms with van der Waals surface area (Å²) in [4.78, 5) is 10.6. The number of carbonyl (C=O) groups is 1. The van der Waals surface area contributed by atoms with Crippen LogP contribution in [0.25, 0.3) is 0 Å². The van der Waals surface area contributed by atoms with Gasteiger partial charge in [0.25, 0.3) is 0 Å². The van der Waals surface area contributed by atoms with Gasteiger partial charge in [0.15, 0.2) is 0 Å². The van der Waals surface area contributed by atoms with Gasteiger partial charge in [-0.2, -0.15) is 0 Å². The van der Waals surface area contributed by atoms with Crippen LogP contribution in [0.1, 0.15) is 16.8 Å². The summed E-state index contributed by atoms with van der Waals surface area (Å²) in [5.41, 5.74) is 0.248. The van der Waals surface area contributed by atoms with Crippen molar-refractivity contribution in [2.75, 3.05) is 31.7 Å². The molecule has 0 fully saturated rings. The van der Waals surface area contributed by atoms with Crippen molar-refractivity contribution in [3.05, 3.63) is 29.8 Å². The van der Waals surface area contributed by atoms with Gasteiger partial charge in [-0.3, -0.25) is 4.21 Å². The molecule has 0 aliphatic rings. The molecule has 0 aromatic heterocycles. The zero-order valence-electron chi connectivity index (χ0n) is 10.9. The molecule has 1 unspecified atom stereocenters. The van der Waals surface area contributed by atoms with Gasteiger partial charge in [0, 0.05) is 29.4 Å². The first-order valence-electron chi connectivity index (χ1n) is 6.06. The third-order valence-corrected chi connectivity index (χ3v) is 3.30. The molecule has 1 atom stereocenters. The van der Waals surface area contributed by atoms with Crippen LogP contribution < -0.4 is 10.1 Å². The van der Waals surface area contributed by atoms with E-state index in [-0.39, 0.29) is 5.56 Å². The highest BCUT2D eigenvalue weighted by atomic mass is 32.2. The van der Waals surface area contributed by atoms with Crippen LogP contribution in [0, 0.1) is 0 Å². The smallest absolute Gasteiger partial charge is 0.335 e. The average Bonchev–Trinajstić information content (AvgIpc) is 2.38. The van der Waals surface area contributed by atoms with Crippen LogP contribution in [0.2, 0.25) is 0 Å². The summed E-state index contributed by atoms with van der Waals surface area (Å²) in [6.07, 6.45) is 2.58. The SMILES string of the molecule is CS(=O)CCCNCCOc1ccc(C(=O)O)cc1. The minimum Gasteiger partial charge on any atom is -0.492 e. The first-order valence-corrected chi connectivity index (χ1v) is 7.79. The van der Waals surface area contributed by atoms with E-state index in [0.29, 0.717) is 24.7 Å². The van der Waals surface area contributed by atoms with Gasteiger partial charge in [-0.05, 0) is 37.2 Å². The third kappa shape index (κ3) is 6.93. The number of benzene rings is 1. The van der Waals surface area contributed by atoms with Crippen molar-refractivity contribution < 1.29 is 18.8 Å². The van der Waals surface area contributed by atoms with Gasteiger partial charge in [-0.15, -0.1) is 0 Å². The van der Waals surface area contributed by atoms with Gasteiger partial charge in [-0.25, -0.2) is 4.79 Å². The van der Waals surface area contributed by atoms with Gasteiger partial charge in [-0.1, -0.05) is 0 Å². The van der Waals surface area contributed by atoms with Crippen molar-refractivity contribution >= 4 is 16.8 Å². The summed E-state index contributed by atoms with van der Waals surface area (Å²) >= 11 is 0. The summed E-state index contributed by atoms with van der Waals surface area (Å²) < 4.78 is 16.3. The Balaban J connectivity index is 2.12. The van der Waals surface area contributed by atoms with Crippen molar-refractivity contribution in [3.8, 4) is 5.75 Å². The van der Waals surface area contributed by atoms with Crippen molar-refractivity contribution in [3.63, 3.8) is 0 Å². The highest BCUT2D eigenvalue weighted by molar-refractivity contribution is 7.84. The Hall–Kier alpha value is -1.40. The molecule has 5 nitrogen and oxygen atoms in total. The normalized spacial score (nSPS) is 12.1. The number of carboxylic acid groups (broad SMARTS) is 1. The molecule has 0 saturated heterocycles. The maximum absolute atomic E-state index is 10.8. The van der Waals surface area contributed by atoms with E-state index in [9.17, 15) is 9.00 Å². The summed E-state index contributed by atoms with van der Waals surface area (Å²) in [6, 6.07) is 6.32. The topological polar surface area (TPSA) is 75.6 Å². The van der Waals surface area contributed by atoms with Gasteiger partial charge in [0.2, 0.25) is 0 Å².